The van der Waals surface area contributed by atoms with Crippen LogP contribution in [0.25, 0.3) is 0 Å². The molecule has 6 heteroatoms. The van der Waals surface area contributed by atoms with Crippen LogP contribution in [0.5, 0.6) is 0 Å². The van der Waals surface area contributed by atoms with E-state index in [1.165, 1.54) is 16.9 Å². The highest BCUT2D eigenvalue weighted by Crippen LogP contribution is 2.16. The second kappa shape index (κ2) is 8.55. The Morgan fingerprint density at radius 3 is 2.05 bits per heavy atom. The third kappa shape index (κ3) is 5.19. The zero-order chi connectivity index (χ0) is 14.4. The highest BCUT2D eigenvalue weighted by atomic mass is 35.5. The van der Waals surface area contributed by atoms with Gasteiger partial charge in [0.25, 0.3) is 0 Å². The van der Waals surface area contributed by atoms with E-state index in [1.54, 1.807) is 7.05 Å². The van der Waals surface area contributed by atoms with Crippen molar-refractivity contribution in [1.29, 1.82) is 0 Å². The standard InChI is InChI=1S/C14H21N3O2.ClH/c1-12(18)16(4)17(13-8-6-5-7-9-13)14(19)10-11-15(2)3;/h5-9H,10-11H2,1-4H3;1H. The van der Waals surface area contributed by atoms with Gasteiger partial charge in [0.1, 0.15) is 0 Å². The molecule has 5 nitrogen and oxygen atoms in total. The van der Waals surface area contributed by atoms with Crippen LogP contribution >= 0.6 is 12.4 Å². The van der Waals surface area contributed by atoms with Crippen LogP contribution < -0.4 is 5.01 Å². The number of amides is 2. The van der Waals surface area contributed by atoms with E-state index in [1.807, 2.05) is 49.3 Å². The minimum atomic E-state index is -0.179. The van der Waals surface area contributed by atoms with Gasteiger partial charge in [0.05, 0.1) is 5.69 Å². The second-order valence-corrected chi connectivity index (χ2v) is 4.64. The monoisotopic (exact) mass is 299 g/mol. The molecule has 20 heavy (non-hydrogen) atoms. The Kier molecular flexibility index (Phi) is 7.87. The summed E-state index contributed by atoms with van der Waals surface area (Å²) >= 11 is 0. The number of para-hydroxylation sites is 1. The van der Waals surface area contributed by atoms with E-state index < -0.39 is 0 Å². The number of carbonyl (C=O) groups is 2. The summed E-state index contributed by atoms with van der Waals surface area (Å²) in [5, 5.41) is 2.76. The quantitative estimate of drug-likeness (QED) is 0.796. The number of carbonyl (C=O) groups excluding carboxylic acids is 2. The molecule has 2 amide bonds. The topological polar surface area (TPSA) is 43.9 Å². The van der Waals surface area contributed by atoms with Crippen molar-refractivity contribution in [2.75, 3.05) is 32.7 Å². The van der Waals surface area contributed by atoms with Crippen molar-refractivity contribution in [2.24, 2.45) is 0 Å². The molecule has 0 saturated heterocycles. The van der Waals surface area contributed by atoms with Crippen molar-refractivity contribution >= 4 is 29.9 Å². The normalized spacial score (nSPS) is 9.85. The van der Waals surface area contributed by atoms with Crippen LogP contribution in [0.15, 0.2) is 30.3 Å². The van der Waals surface area contributed by atoms with Gasteiger partial charge in [-0.25, -0.2) is 5.01 Å². The maximum absolute atomic E-state index is 12.3. The summed E-state index contributed by atoms with van der Waals surface area (Å²) in [4.78, 5) is 25.8. The van der Waals surface area contributed by atoms with Gasteiger partial charge in [-0.15, -0.1) is 12.4 Å². The lowest BCUT2D eigenvalue weighted by Crippen LogP contribution is -2.47. The van der Waals surface area contributed by atoms with Gasteiger partial charge >= 0.3 is 0 Å². The molecule has 1 aromatic carbocycles. The average molecular weight is 300 g/mol. The number of benzene rings is 1. The van der Waals surface area contributed by atoms with Gasteiger partial charge < -0.3 is 4.90 Å². The molecule has 0 unspecified atom stereocenters. The van der Waals surface area contributed by atoms with Crippen LogP contribution in [0.3, 0.4) is 0 Å². The van der Waals surface area contributed by atoms with E-state index in [0.717, 1.165) is 0 Å². The second-order valence-electron chi connectivity index (χ2n) is 4.64. The number of rotatable bonds is 4. The lowest BCUT2D eigenvalue weighted by atomic mass is 10.3. The van der Waals surface area contributed by atoms with Gasteiger partial charge in [0.2, 0.25) is 11.8 Å². The number of halogens is 1. The molecule has 0 saturated carbocycles. The van der Waals surface area contributed by atoms with Crippen LogP contribution in [0.2, 0.25) is 0 Å². The Morgan fingerprint density at radius 2 is 1.60 bits per heavy atom. The fourth-order valence-corrected chi connectivity index (χ4v) is 1.62. The summed E-state index contributed by atoms with van der Waals surface area (Å²) in [6, 6.07) is 9.19. The average Bonchev–Trinajstić information content (AvgIpc) is 2.37. The summed E-state index contributed by atoms with van der Waals surface area (Å²) in [5.41, 5.74) is 0.698. The maximum atomic E-state index is 12.3. The molecular weight excluding hydrogens is 278 g/mol. The van der Waals surface area contributed by atoms with Crippen molar-refractivity contribution in [3.63, 3.8) is 0 Å². The van der Waals surface area contributed by atoms with Gasteiger partial charge in [-0.3, -0.25) is 14.6 Å². The fourth-order valence-electron chi connectivity index (χ4n) is 1.62. The lowest BCUT2D eigenvalue weighted by Gasteiger charge is -2.31. The number of nitrogens with zero attached hydrogens (tertiary/aromatic N) is 3. The smallest absolute Gasteiger partial charge is 0.247 e. The molecule has 0 atom stereocenters. The zero-order valence-corrected chi connectivity index (χ0v) is 13.2. The van der Waals surface area contributed by atoms with Crippen molar-refractivity contribution in [1.82, 2.24) is 9.91 Å². The van der Waals surface area contributed by atoms with E-state index in [4.69, 9.17) is 0 Å². The summed E-state index contributed by atoms with van der Waals surface area (Å²) in [6.07, 6.45) is 0.361. The van der Waals surface area contributed by atoms with E-state index in [0.29, 0.717) is 18.7 Å². The molecule has 0 N–H and O–H groups in total. The molecule has 0 aliphatic rings. The number of anilines is 1. The Morgan fingerprint density at radius 1 is 1.05 bits per heavy atom. The first-order valence-corrected chi connectivity index (χ1v) is 6.20. The Balaban J connectivity index is 0.00000361. The zero-order valence-electron chi connectivity index (χ0n) is 12.4. The minimum absolute atomic E-state index is 0. The summed E-state index contributed by atoms with van der Waals surface area (Å²) in [6.45, 7) is 2.09. The van der Waals surface area contributed by atoms with Crippen molar-refractivity contribution in [3.8, 4) is 0 Å². The Labute approximate surface area is 126 Å². The van der Waals surface area contributed by atoms with E-state index in [9.17, 15) is 9.59 Å². The molecule has 0 bridgehead atoms. The minimum Gasteiger partial charge on any atom is -0.309 e. The molecule has 112 valence electrons. The molecule has 0 aliphatic carbocycles. The number of hydrazine groups is 1. The van der Waals surface area contributed by atoms with Gasteiger partial charge in [0.15, 0.2) is 0 Å². The van der Waals surface area contributed by atoms with Crippen LogP contribution in [0.1, 0.15) is 13.3 Å². The summed E-state index contributed by atoms with van der Waals surface area (Å²) in [7, 11) is 5.42. The summed E-state index contributed by atoms with van der Waals surface area (Å²) in [5.74, 6) is -0.278. The first kappa shape index (κ1) is 18.4. The van der Waals surface area contributed by atoms with E-state index >= 15 is 0 Å². The first-order chi connectivity index (χ1) is 8.93. The van der Waals surface area contributed by atoms with Crippen molar-refractivity contribution in [2.45, 2.75) is 13.3 Å². The Hall–Kier alpha value is -1.59. The highest BCUT2D eigenvalue weighted by molar-refractivity contribution is 5.95. The molecule has 0 heterocycles. The molecule has 0 aliphatic heterocycles. The number of hydrogen-bond acceptors (Lipinski definition) is 3. The van der Waals surface area contributed by atoms with Gasteiger partial charge in [0, 0.05) is 26.9 Å². The SMILES string of the molecule is CC(=O)N(C)N(C(=O)CCN(C)C)c1ccccc1.Cl. The van der Waals surface area contributed by atoms with Gasteiger partial charge in [-0.2, -0.15) is 0 Å². The van der Waals surface area contributed by atoms with Crippen LogP contribution in [-0.4, -0.2) is 49.4 Å². The first-order valence-electron chi connectivity index (χ1n) is 6.20. The van der Waals surface area contributed by atoms with Crippen LogP contribution in [0.4, 0.5) is 5.69 Å². The molecule has 1 rings (SSSR count). The molecule has 0 radical (unpaired) electrons. The lowest BCUT2D eigenvalue weighted by molar-refractivity contribution is -0.133. The highest BCUT2D eigenvalue weighted by Gasteiger charge is 2.21. The molecule has 0 aromatic heterocycles. The fraction of sp³-hybridized carbons (Fsp3) is 0.429. The van der Waals surface area contributed by atoms with E-state index in [2.05, 4.69) is 0 Å². The molecule has 1 aromatic rings. The number of hydrogen-bond donors (Lipinski definition) is 0. The summed E-state index contributed by atoms with van der Waals surface area (Å²) < 4.78 is 0. The third-order valence-electron chi connectivity index (χ3n) is 2.77. The largest absolute Gasteiger partial charge is 0.309 e. The van der Waals surface area contributed by atoms with Gasteiger partial charge in [-0.05, 0) is 26.2 Å². The third-order valence-corrected chi connectivity index (χ3v) is 2.77. The van der Waals surface area contributed by atoms with Crippen molar-refractivity contribution in [3.05, 3.63) is 30.3 Å². The van der Waals surface area contributed by atoms with E-state index in [-0.39, 0.29) is 24.2 Å². The van der Waals surface area contributed by atoms with Crippen LogP contribution in [0, 0.1) is 0 Å². The van der Waals surface area contributed by atoms with Crippen molar-refractivity contribution < 1.29 is 9.59 Å². The molecular formula is C14H22ClN3O2. The van der Waals surface area contributed by atoms with Crippen LogP contribution in [-0.2, 0) is 9.59 Å². The predicted octanol–water partition coefficient (Wildman–Crippen LogP) is 1.79. The molecule has 0 fully saturated rings. The molecule has 0 spiro atoms. The van der Waals surface area contributed by atoms with Gasteiger partial charge in [-0.1, -0.05) is 18.2 Å². The predicted molar refractivity (Wildman–Crippen MR) is 82.8 cm³/mol. The Bertz CT molecular complexity index is 437. The maximum Gasteiger partial charge on any atom is 0.247 e.